The molecule has 3 unspecified atom stereocenters. The van der Waals surface area contributed by atoms with Gasteiger partial charge in [-0.2, -0.15) is 0 Å². The topological polar surface area (TPSA) is 58.6 Å². The molecule has 0 aromatic heterocycles. The molecule has 0 bridgehead atoms. The number of hydrogen-bond acceptors (Lipinski definition) is 3. The second kappa shape index (κ2) is 6.36. The van der Waals surface area contributed by atoms with Gasteiger partial charge < -0.3 is 15.2 Å². The second-order valence-corrected chi connectivity index (χ2v) is 5.22. The third-order valence-corrected chi connectivity index (χ3v) is 3.76. The molecule has 98 valence electrons. The lowest BCUT2D eigenvalue weighted by Gasteiger charge is -2.29. The van der Waals surface area contributed by atoms with Crippen LogP contribution in [0.15, 0.2) is 0 Å². The zero-order valence-electron chi connectivity index (χ0n) is 10.4. The van der Waals surface area contributed by atoms with Gasteiger partial charge in [0.05, 0.1) is 24.7 Å². The summed E-state index contributed by atoms with van der Waals surface area (Å²) in [4.78, 5) is 11.8. The molecule has 2 rings (SSSR count). The van der Waals surface area contributed by atoms with Crippen LogP contribution >= 0.6 is 0 Å². The van der Waals surface area contributed by atoms with Crippen LogP contribution in [0.2, 0.25) is 0 Å². The number of rotatable bonds is 3. The predicted molar refractivity (Wildman–Crippen MR) is 64.6 cm³/mol. The molecule has 1 saturated heterocycles. The Morgan fingerprint density at radius 2 is 1.94 bits per heavy atom. The maximum absolute atomic E-state index is 11.8. The normalized spacial score (nSPS) is 34.3. The summed E-state index contributed by atoms with van der Waals surface area (Å²) in [5, 5.41) is 12.7. The van der Waals surface area contributed by atoms with Gasteiger partial charge in [0, 0.05) is 6.61 Å². The van der Waals surface area contributed by atoms with Crippen molar-refractivity contribution in [1.29, 1.82) is 0 Å². The van der Waals surface area contributed by atoms with Crippen LogP contribution in [0.5, 0.6) is 0 Å². The van der Waals surface area contributed by atoms with Crippen LogP contribution in [0.3, 0.4) is 0 Å². The Morgan fingerprint density at radius 1 is 1.18 bits per heavy atom. The van der Waals surface area contributed by atoms with E-state index in [1.807, 2.05) is 0 Å². The predicted octanol–water partition coefficient (Wildman–Crippen LogP) is 1.37. The highest BCUT2D eigenvalue weighted by Crippen LogP contribution is 2.19. The van der Waals surface area contributed by atoms with Gasteiger partial charge in [0.1, 0.15) is 0 Å². The van der Waals surface area contributed by atoms with Crippen molar-refractivity contribution in [2.75, 3.05) is 6.61 Å². The van der Waals surface area contributed by atoms with E-state index in [-0.39, 0.29) is 24.2 Å². The molecule has 3 atom stereocenters. The number of amides is 1. The Labute approximate surface area is 103 Å². The number of carbonyl (C=O) groups excluding carboxylic acids is 1. The Morgan fingerprint density at radius 3 is 2.65 bits per heavy atom. The molecule has 1 aliphatic heterocycles. The average Bonchev–Trinajstić information content (AvgIpc) is 2.33. The second-order valence-electron chi connectivity index (χ2n) is 5.22. The fourth-order valence-electron chi connectivity index (χ4n) is 2.72. The monoisotopic (exact) mass is 241 g/mol. The van der Waals surface area contributed by atoms with Gasteiger partial charge in [0.2, 0.25) is 5.91 Å². The van der Waals surface area contributed by atoms with E-state index in [2.05, 4.69) is 5.32 Å². The molecule has 4 nitrogen and oxygen atoms in total. The van der Waals surface area contributed by atoms with Crippen LogP contribution in [0.4, 0.5) is 0 Å². The van der Waals surface area contributed by atoms with E-state index in [0.29, 0.717) is 6.42 Å². The first-order valence-corrected chi connectivity index (χ1v) is 6.85. The van der Waals surface area contributed by atoms with Crippen molar-refractivity contribution >= 4 is 5.91 Å². The van der Waals surface area contributed by atoms with Crippen LogP contribution in [0.25, 0.3) is 0 Å². The lowest BCUT2D eigenvalue weighted by atomic mass is 9.92. The number of hydrogen-bond donors (Lipinski definition) is 2. The molecule has 1 heterocycles. The molecular weight excluding hydrogens is 218 g/mol. The van der Waals surface area contributed by atoms with E-state index in [9.17, 15) is 9.90 Å². The van der Waals surface area contributed by atoms with Gasteiger partial charge in [0.15, 0.2) is 0 Å². The van der Waals surface area contributed by atoms with E-state index < -0.39 is 0 Å². The molecule has 1 aliphatic carbocycles. The minimum Gasteiger partial charge on any atom is -0.391 e. The molecule has 2 fully saturated rings. The van der Waals surface area contributed by atoms with Gasteiger partial charge >= 0.3 is 0 Å². The quantitative estimate of drug-likeness (QED) is 0.784. The summed E-state index contributed by atoms with van der Waals surface area (Å²) in [6, 6.07) is -0.0418. The average molecular weight is 241 g/mol. The molecule has 0 aromatic carbocycles. The standard InChI is InChI=1S/C13H23NO3/c15-12-7-2-1-6-11(12)14-13(16)9-10-5-3-4-8-17-10/h10-12,15H,1-9H2,(H,14,16). The van der Waals surface area contributed by atoms with E-state index >= 15 is 0 Å². The minimum atomic E-state index is -0.361. The van der Waals surface area contributed by atoms with Crippen LogP contribution in [-0.2, 0) is 9.53 Å². The number of ether oxygens (including phenoxy) is 1. The number of carbonyl (C=O) groups is 1. The van der Waals surface area contributed by atoms with Gasteiger partial charge in [-0.1, -0.05) is 12.8 Å². The summed E-state index contributed by atoms with van der Waals surface area (Å²) in [5.41, 5.74) is 0. The van der Waals surface area contributed by atoms with E-state index in [4.69, 9.17) is 4.74 Å². The number of aliphatic hydroxyl groups excluding tert-OH is 1. The summed E-state index contributed by atoms with van der Waals surface area (Å²) >= 11 is 0. The largest absolute Gasteiger partial charge is 0.391 e. The highest BCUT2D eigenvalue weighted by molar-refractivity contribution is 5.76. The van der Waals surface area contributed by atoms with Crippen molar-refractivity contribution in [2.45, 2.75) is 69.6 Å². The summed E-state index contributed by atoms with van der Waals surface area (Å²) in [7, 11) is 0. The summed E-state index contributed by atoms with van der Waals surface area (Å²) in [6.07, 6.45) is 7.31. The van der Waals surface area contributed by atoms with Crippen LogP contribution in [-0.4, -0.2) is 35.9 Å². The van der Waals surface area contributed by atoms with Crippen LogP contribution in [0, 0.1) is 0 Å². The SMILES string of the molecule is O=C(CC1CCCCO1)NC1CCCCC1O. The van der Waals surface area contributed by atoms with Crippen molar-refractivity contribution in [1.82, 2.24) is 5.32 Å². The number of aliphatic hydroxyl groups is 1. The first-order valence-electron chi connectivity index (χ1n) is 6.85. The molecule has 4 heteroatoms. The highest BCUT2D eigenvalue weighted by Gasteiger charge is 2.25. The maximum atomic E-state index is 11.8. The van der Waals surface area contributed by atoms with Crippen molar-refractivity contribution in [3.63, 3.8) is 0 Å². The fraction of sp³-hybridized carbons (Fsp3) is 0.923. The Hall–Kier alpha value is -0.610. The summed E-state index contributed by atoms with van der Waals surface area (Å²) < 4.78 is 5.54. The minimum absolute atomic E-state index is 0.0304. The zero-order chi connectivity index (χ0) is 12.1. The molecule has 0 spiro atoms. The van der Waals surface area contributed by atoms with Gasteiger partial charge in [-0.05, 0) is 32.1 Å². The van der Waals surface area contributed by atoms with Crippen molar-refractivity contribution in [3.8, 4) is 0 Å². The molecule has 1 amide bonds. The number of nitrogens with one attached hydrogen (secondary N) is 1. The van der Waals surface area contributed by atoms with Crippen LogP contribution in [0.1, 0.15) is 51.4 Å². The highest BCUT2D eigenvalue weighted by atomic mass is 16.5. The third kappa shape index (κ3) is 3.96. The van der Waals surface area contributed by atoms with Crippen molar-refractivity contribution in [3.05, 3.63) is 0 Å². The molecule has 2 N–H and O–H groups in total. The van der Waals surface area contributed by atoms with Gasteiger partial charge in [-0.25, -0.2) is 0 Å². The molecule has 0 aromatic rings. The first kappa shape index (κ1) is 12.8. The summed E-state index contributed by atoms with van der Waals surface area (Å²) in [6.45, 7) is 0.782. The summed E-state index contributed by atoms with van der Waals surface area (Å²) in [5.74, 6) is 0.0304. The van der Waals surface area contributed by atoms with Gasteiger partial charge in [-0.15, -0.1) is 0 Å². The molecule has 1 saturated carbocycles. The Balaban J connectivity index is 1.72. The smallest absolute Gasteiger partial charge is 0.222 e. The lowest BCUT2D eigenvalue weighted by Crippen LogP contribution is -2.46. The van der Waals surface area contributed by atoms with Gasteiger partial charge in [0.25, 0.3) is 0 Å². The molecular formula is C13H23NO3. The first-order chi connectivity index (χ1) is 8.25. The van der Waals surface area contributed by atoms with E-state index in [0.717, 1.165) is 51.6 Å². The van der Waals surface area contributed by atoms with Crippen LogP contribution < -0.4 is 5.32 Å². The van der Waals surface area contributed by atoms with E-state index in [1.165, 1.54) is 0 Å². The fourth-order valence-corrected chi connectivity index (χ4v) is 2.72. The van der Waals surface area contributed by atoms with Gasteiger partial charge in [-0.3, -0.25) is 4.79 Å². The van der Waals surface area contributed by atoms with Crippen molar-refractivity contribution in [2.24, 2.45) is 0 Å². The maximum Gasteiger partial charge on any atom is 0.222 e. The zero-order valence-corrected chi connectivity index (χ0v) is 10.4. The Kier molecular flexibility index (Phi) is 4.80. The molecule has 17 heavy (non-hydrogen) atoms. The lowest BCUT2D eigenvalue weighted by molar-refractivity contribution is -0.126. The molecule has 0 radical (unpaired) electrons. The molecule has 2 aliphatic rings. The Bertz CT molecular complexity index is 251. The third-order valence-electron chi connectivity index (χ3n) is 3.76. The van der Waals surface area contributed by atoms with Crippen molar-refractivity contribution < 1.29 is 14.6 Å². The van der Waals surface area contributed by atoms with E-state index in [1.54, 1.807) is 0 Å².